The molecule has 1 heterocycles. The zero-order valence-electron chi connectivity index (χ0n) is 12.9. The van der Waals surface area contributed by atoms with E-state index in [2.05, 4.69) is 5.32 Å². The van der Waals surface area contributed by atoms with Gasteiger partial charge in [0.25, 0.3) is 0 Å². The number of aryl methyl sites for hydroxylation is 1. The molecule has 0 fully saturated rings. The fourth-order valence-corrected chi connectivity index (χ4v) is 3.18. The van der Waals surface area contributed by atoms with E-state index in [0.29, 0.717) is 17.3 Å². The molecule has 2 N–H and O–H groups in total. The third-order valence-corrected chi connectivity index (χ3v) is 4.54. The Morgan fingerprint density at radius 1 is 1.35 bits per heavy atom. The zero-order chi connectivity index (χ0) is 16.4. The first kappa shape index (κ1) is 15.8. The van der Waals surface area contributed by atoms with Gasteiger partial charge in [-0.2, -0.15) is 0 Å². The van der Waals surface area contributed by atoms with Gasteiger partial charge in [0.1, 0.15) is 0 Å². The standard InChI is InChI=1S/C18H19ClN2O2/c1-12-6-7-15(19)16(10-12)20-18(23)21-9-8-13-4-2-3-5-14(13)17(21)11-22/h2-7,10,17,22H,8-9,11H2,1H3,(H,20,23). The summed E-state index contributed by atoms with van der Waals surface area (Å²) in [5, 5.41) is 13.1. The highest BCUT2D eigenvalue weighted by atomic mass is 35.5. The Balaban J connectivity index is 1.84. The number of nitrogens with zero attached hydrogens (tertiary/aromatic N) is 1. The largest absolute Gasteiger partial charge is 0.394 e. The highest BCUT2D eigenvalue weighted by Gasteiger charge is 2.30. The van der Waals surface area contributed by atoms with Gasteiger partial charge in [-0.25, -0.2) is 4.79 Å². The van der Waals surface area contributed by atoms with Gasteiger partial charge in [-0.3, -0.25) is 0 Å². The highest BCUT2D eigenvalue weighted by Crippen LogP contribution is 2.30. The minimum absolute atomic E-state index is 0.105. The van der Waals surface area contributed by atoms with E-state index in [4.69, 9.17) is 11.6 Å². The smallest absolute Gasteiger partial charge is 0.322 e. The van der Waals surface area contributed by atoms with E-state index in [1.54, 1.807) is 11.0 Å². The average Bonchev–Trinajstić information content (AvgIpc) is 2.57. The molecule has 3 rings (SSSR count). The molecular formula is C18H19ClN2O2. The molecule has 0 saturated carbocycles. The summed E-state index contributed by atoms with van der Waals surface area (Å²) in [5.74, 6) is 0. The predicted molar refractivity (Wildman–Crippen MR) is 91.9 cm³/mol. The van der Waals surface area contributed by atoms with Crippen LogP contribution in [0.5, 0.6) is 0 Å². The quantitative estimate of drug-likeness (QED) is 0.880. The second-order valence-electron chi connectivity index (χ2n) is 5.75. The molecule has 2 amide bonds. The van der Waals surface area contributed by atoms with Gasteiger partial charge < -0.3 is 15.3 Å². The number of carbonyl (C=O) groups is 1. The molecule has 2 aromatic rings. The van der Waals surface area contributed by atoms with Crippen LogP contribution in [0.3, 0.4) is 0 Å². The van der Waals surface area contributed by atoms with Gasteiger partial charge >= 0.3 is 6.03 Å². The van der Waals surface area contributed by atoms with Gasteiger partial charge in [-0.1, -0.05) is 41.9 Å². The third-order valence-electron chi connectivity index (χ3n) is 4.21. The van der Waals surface area contributed by atoms with Crippen LogP contribution in [-0.4, -0.2) is 29.2 Å². The Hall–Kier alpha value is -2.04. The Morgan fingerprint density at radius 3 is 2.91 bits per heavy atom. The summed E-state index contributed by atoms with van der Waals surface area (Å²) >= 11 is 6.15. The molecule has 0 saturated heterocycles. The zero-order valence-corrected chi connectivity index (χ0v) is 13.7. The lowest BCUT2D eigenvalue weighted by molar-refractivity contribution is 0.135. The van der Waals surface area contributed by atoms with Gasteiger partial charge in [-0.05, 0) is 42.2 Å². The minimum atomic E-state index is -0.330. The first-order valence-corrected chi connectivity index (χ1v) is 8.00. The van der Waals surface area contributed by atoms with E-state index in [0.717, 1.165) is 17.5 Å². The number of rotatable bonds is 2. The lowest BCUT2D eigenvalue weighted by Crippen LogP contribution is -2.43. The lowest BCUT2D eigenvalue weighted by atomic mass is 9.93. The average molecular weight is 331 g/mol. The van der Waals surface area contributed by atoms with E-state index in [9.17, 15) is 9.90 Å². The predicted octanol–water partition coefficient (Wildman–Crippen LogP) is 3.77. The fraction of sp³-hybridized carbons (Fsp3) is 0.278. The molecule has 1 aliphatic rings. The monoisotopic (exact) mass is 330 g/mol. The van der Waals surface area contributed by atoms with Crippen LogP contribution in [0.2, 0.25) is 5.02 Å². The van der Waals surface area contributed by atoms with Crippen LogP contribution in [-0.2, 0) is 6.42 Å². The van der Waals surface area contributed by atoms with Crippen molar-refractivity contribution in [2.75, 3.05) is 18.5 Å². The van der Waals surface area contributed by atoms with Crippen LogP contribution >= 0.6 is 11.6 Å². The first-order valence-electron chi connectivity index (χ1n) is 7.62. The summed E-state index contributed by atoms with van der Waals surface area (Å²) in [7, 11) is 0. The number of aliphatic hydroxyl groups excluding tert-OH is 1. The van der Waals surface area contributed by atoms with Crippen LogP contribution in [0.4, 0.5) is 10.5 Å². The number of hydrogen-bond donors (Lipinski definition) is 2. The summed E-state index contributed by atoms with van der Waals surface area (Å²) in [4.78, 5) is 14.3. The van der Waals surface area contributed by atoms with Crippen molar-refractivity contribution in [3.05, 3.63) is 64.2 Å². The molecule has 0 radical (unpaired) electrons. The summed E-state index contributed by atoms with van der Waals surface area (Å²) in [6, 6.07) is 12.9. The molecule has 1 atom stereocenters. The number of halogens is 1. The molecular weight excluding hydrogens is 312 g/mol. The molecule has 0 aromatic heterocycles. The molecule has 1 unspecified atom stereocenters. The van der Waals surface area contributed by atoms with E-state index in [1.165, 1.54) is 5.56 Å². The number of fused-ring (bicyclic) bond motifs is 1. The molecule has 5 heteroatoms. The molecule has 0 spiro atoms. The highest BCUT2D eigenvalue weighted by molar-refractivity contribution is 6.33. The van der Waals surface area contributed by atoms with Crippen molar-refractivity contribution in [2.45, 2.75) is 19.4 Å². The maximum atomic E-state index is 12.7. The Kier molecular flexibility index (Phi) is 4.55. The summed E-state index contributed by atoms with van der Waals surface area (Å²) in [6.45, 7) is 2.41. The number of amides is 2. The molecule has 23 heavy (non-hydrogen) atoms. The summed E-state index contributed by atoms with van der Waals surface area (Å²) in [6.07, 6.45) is 0.779. The lowest BCUT2D eigenvalue weighted by Gasteiger charge is -2.36. The number of hydrogen-bond acceptors (Lipinski definition) is 2. The van der Waals surface area contributed by atoms with Crippen LogP contribution in [0.15, 0.2) is 42.5 Å². The number of benzene rings is 2. The second kappa shape index (κ2) is 6.60. The summed E-state index contributed by atoms with van der Waals surface area (Å²) < 4.78 is 0. The van der Waals surface area contributed by atoms with Crippen molar-refractivity contribution >= 4 is 23.3 Å². The maximum absolute atomic E-state index is 12.7. The van der Waals surface area contributed by atoms with Crippen LogP contribution in [0, 0.1) is 6.92 Å². The fourth-order valence-electron chi connectivity index (χ4n) is 3.01. The van der Waals surface area contributed by atoms with Crippen LogP contribution in [0.1, 0.15) is 22.7 Å². The van der Waals surface area contributed by atoms with E-state index in [1.807, 2.05) is 43.3 Å². The molecule has 4 nitrogen and oxygen atoms in total. The van der Waals surface area contributed by atoms with Crippen molar-refractivity contribution in [1.82, 2.24) is 4.90 Å². The molecule has 2 aromatic carbocycles. The first-order chi connectivity index (χ1) is 11.1. The van der Waals surface area contributed by atoms with E-state index >= 15 is 0 Å². The molecule has 0 aliphatic carbocycles. The third kappa shape index (κ3) is 3.19. The Bertz CT molecular complexity index is 733. The van der Waals surface area contributed by atoms with Crippen molar-refractivity contribution in [2.24, 2.45) is 0 Å². The van der Waals surface area contributed by atoms with Gasteiger partial charge in [0.2, 0.25) is 0 Å². The minimum Gasteiger partial charge on any atom is -0.394 e. The number of anilines is 1. The Morgan fingerprint density at radius 2 is 2.13 bits per heavy atom. The SMILES string of the molecule is Cc1ccc(Cl)c(NC(=O)N2CCc3ccccc3C2CO)c1. The van der Waals surface area contributed by atoms with Gasteiger partial charge in [0.15, 0.2) is 0 Å². The van der Waals surface area contributed by atoms with Gasteiger partial charge in [0.05, 0.1) is 23.4 Å². The molecule has 1 aliphatic heterocycles. The maximum Gasteiger partial charge on any atom is 0.322 e. The van der Waals surface area contributed by atoms with Crippen molar-refractivity contribution in [1.29, 1.82) is 0 Å². The molecule has 0 bridgehead atoms. The van der Waals surface area contributed by atoms with E-state index < -0.39 is 0 Å². The summed E-state index contributed by atoms with van der Waals surface area (Å²) in [5.41, 5.74) is 3.80. The number of aliphatic hydroxyl groups is 1. The normalized spacial score (nSPS) is 16.8. The van der Waals surface area contributed by atoms with Crippen LogP contribution in [0.25, 0.3) is 0 Å². The number of urea groups is 1. The second-order valence-corrected chi connectivity index (χ2v) is 6.16. The Labute approximate surface area is 140 Å². The number of nitrogens with one attached hydrogen (secondary N) is 1. The van der Waals surface area contributed by atoms with Crippen molar-refractivity contribution in [3.63, 3.8) is 0 Å². The van der Waals surface area contributed by atoms with Gasteiger partial charge in [0, 0.05) is 6.54 Å². The van der Waals surface area contributed by atoms with Crippen molar-refractivity contribution in [3.8, 4) is 0 Å². The topological polar surface area (TPSA) is 52.6 Å². The number of carbonyl (C=O) groups excluding carboxylic acids is 1. The molecule has 120 valence electrons. The van der Waals surface area contributed by atoms with Crippen LogP contribution < -0.4 is 5.32 Å². The van der Waals surface area contributed by atoms with E-state index in [-0.39, 0.29) is 18.7 Å². The van der Waals surface area contributed by atoms with Crippen molar-refractivity contribution < 1.29 is 9.90 Å². The van der Waals surface area contributed by atoms with Gasteiger partial charge in [-0.15, -0.1) is 0 Å².